The predicted molar refractivity (Wildman–Crippen MR) is 85.5 cm³/mol. The fourth-order valence-corrected chi connectivity index (χ4v) is 6.90. The van der Waals surface area contributed by atoms with Crippen LogP contribution in [0.2, 0.25) is 0 Å². The van der Waals surface area contributed by atoms with Gasteiger partial charge < -0.3 is 16.0 Å². The standard InChI is InChI=1S/C18H29N3O/c22-17(20-16-6-14-1-2-15(7-16)19-14)21-18-8-11-3-12(9-18)5-13(4-11)10-18/h11-16,19H,1-10H2,(H2,20,21,22). The quantitative estimate of drug-likeness (QED) is 0.734. The van der Waals surface area contributed by atoms with Crippen LogP contribution in [0.1, 0.15) is 64.2 Å². The number of fused-ring (bicyclic) bond motifs is 2. The van der Waals surface area contributed by atoms with E-state index in [1.54, 1.807) is 0 Å². The first-order chi connectivity index (χ1) is 10.7. The third kappa shape index (κ3) is 2.34. The van der Waals surface area contributed by atoms with Crippen molar-refractivity contribution in [2.75, 3.05) is 0 Å². The zero-order valence-corrected chi connectivity index (χ0v) is 13.4. The molecule has 6 rings (SSSR count). The van der Waals surface area contributed by atoms with Crippen molar-refractivity contribution in [3.63, 3.8) is 0 Å². The summed E-state index contributed by atoms with van der Waals surface area (Å²) in [5.41, 5.74) is 0.144. The highest BCUT2D eigenvalue weighted by atomic mass is 16.2. The fourth-order valence-electron chi connectivity index (χ4n) is 6.90. The molecule has 2 amide bonds. The lowest BCUT2D eigenvalue weighted by Gasteiger charge is -2.56. The number of carbonyl (C=O) groups is 1. The van der Waals surface area contributed by atoms with Crippen LogP contribution in [0, 0.1) is 17.8 Å². The van der Waals surface area contributed by atoms with Gasteiger partial charge in [0.25, 0.3) is 0 Å². The van der Waals surface area contributed by atoms with Crippen molar-refractivity contribution in [2.45, 2.75) is 87.9 Å². The Morgan fingerprint density at radius 1 is 0.864 bits per heavy atom. The van der Waals surface area contributed by atoms with Crippen LogP contribution in [0.15, 0.2) is 0 Å². The molecule has 122 valence electrons. The van der Waals surface area contributed by atoms with Gasteiger partial charge in [0.1, 0.15) is 0 Å². The second kappa shape index (κ2) is 4.86. The van der Waals surface area contributed by atoms with E-state index >= 15 is 0 Å². The number of hydrogen-bond donors (Lipinski definition) is 3. The van der Waals surface area contributed by atoms with E-state index in [0.717, 1.165) is 30.6 Å². The summed E-state index contributed by atoms with van der Waals surface area (Å²) in [6.45, 7) is 0. The van der Waals surface area contributed by atoms with Gasteiger partial charge in [-0.3, -0.25) is 0 Å². The molecule has 0 aromatic rings. The number of piperidine rings is 1. The molecule has 2 saturated heterocycles. The normalized spacial score (nSPS) is 51.8. The molecule has 2 aliphatic heterocycles. The van der Waals surface area contributed by atoms with Crippen molar-refractivity contribution in [3.8, 4) is 0 Å². The predicted octanol–water partition coefficient (Wildman–Crippen LogP) is 2.54. The van der Waals surface area contributed by atoms with Crippen LogP contribution in [0.25, 0.3) is 0 Å². The molecule has 2 atom stereocenters. The third-order valence-electron chi connectivity index (χ3n) is 7.23. The van der Waals surface area contributed by atoms with Crippen molar-refractivity contribution in [1.82, 2.24) is 16.0 Å². The van der Waals surface area contributed by atoms with Crippen LogP contribution in [0.4, 0.5) is 4.79 Å². The first-order valence-electron chi connectivity index (χ1n) is 9.50. The van der Waals surface area contributed by atoms with Gasteiger partial charge >= 0.3 is 6.03 Å². The maximum atomic E-state index is 12.6. The molecule has 6 aliphatic rings. The summed E-state index contributed by atoms with van der Waals surface area (Å²) >= 11 is 0. The van der Waals surface area contributed by atoms with Crippen LogP contribution in [0.3, 0.4) is 0 Å². The van der Waals surface area contributed by atoms with Gasteiger partial charge in [-0.25, -0.2) is 4.79 Å². The molecule has 0 aromatic heterocycles. The van der Waals surface area contributed by atoms with E-state index in [1.165, 1.54) is 51.4 Å². The van der Waals surface area contributed by atoms with E-state index < -0.39 is 0 Å². The van der Waals surface area contributed by atoms with E-state index in [9.17, 15) is 4.79 Å². The van der Waals surface area contributed by atoms with Crippen molar-refractivity contribution in [2.24, 2.45) is 17.8 Å². The van der Waals surface area contributed by atoms with Crippen LogP contribution in [-0.4, -0.2) is 29.7 Å². The van der Waals surface area contributed by atoms with Crippen molar-refractivity contribution >= 4 is 6.03 Å². The maximum Gasteiger partial charge on any atom is 0.315 e. The lowest BCUT2D eigenvalue weighted by molar-refractivity contribution is -0.0137. The molecular formula is C18H29N3O. The lowest BCUT2D eigenvalue weighted by Crippen LogP contribution is -2.62. The minimum atomic E-state index is 0.119. The maximum absolute atomic E-state index is 12.6. The molecular weight excluding hydrogens is 274 g/mol. The van der Waals surface area contributed by atoms with Crippen LogP contribution >= 0.6 is 0 Å². The van der Waals surface area contributed by atoms with Gasteiger partial charge in [-0.15, -0.1) is 0 Å². The van der Waals surface area contributed by atoms with E-state index in [0.29, 0.717) is 18.1 Å². The monoisotopic (exact) mass is 303 g/mol. The molecule has 4 saturated carbocycles. The second-order valence-electron chi connectivity index (χ2n) is 9.10. The van der Waals surface area contributed by atoms with Crippen molar-refractivity contribution in [3.05, 3.63) is 0 Å². The SMILES string of the molecule is O=C(NC1CC2CCC(C1)N2)NC12CC3CC(CC(C3)C1)C2. The molecule has 22 heavy (non-hydrogen) atoms. The molecule has 0 radical (unpaired) electrons. The highest BCUT2D eigenvalue weighted by Gasteiger charge is 2.51. The molecule has 6 fully saturated rings. The summed E-state index contributed by atoms with van der Waals surface area (Å²) in [5, 5.41) is 10.4. The van der Waals surface area contributed by atoms with Gasteiger partial charge in [0, 0.05) is 23.7 Å². The van der Waals surface area contributed by atoms with E-state index in [-0.39, 0.29) is 11.6 Å². The molecule has 2 heterocycles. The van der Waals surface area contributed by atoms with Gasteiger partial charge in [0.15, 0.2) is 0 Å². The number of amides is 2. The molecule has 2 unspecified atom stereocenters. The number of rotatable bonds is 2. The average molecular weight is 303 g/mol. The summed E-state index contributed by atoms with van der Waals surface area (Å²) in [6, 6.07) is 1.79. The lowest BCUT2D eigenvalue weighted by atomic mass is 9.53. The summed E-state index contributed by atoms with van der Waals surface area (Å²) in [6.07, 6.45) is 12.8. The van der Waals surface area contributed by atoms with E-state index in [2.05, 4.69) is 16.0 Å². The molecule has 4 heteroatoms. The third-order valence-corrected chi connectivity index (χ3v) is 7.23. The Labute approximate surface area is 133 Å². The summed E-state index contributed by atoms with van der Waals surface area (Å²) in [4.78, 5) is 12.6. The summed E-state index contributed by atoms with van der Waals surface area (Å²) in [7, 11) is 0. The Kier molecular flexibility index (Phi) is 3.02. The molecule has 3 N–H and O–H groups in total. The zero-order chi connectivity index (χ0) is 14.7. The van der Waals surface area contributed by atoms with E-state index in [1.807, 2.05) is 0 Å². The molecule has 4 aliphatic carbocycles. The first-order valence-corrected chi connectivity index (χ1v) is 9.50. The molecule has 6 bridgehead atoms. The summed E-state index contributed by atoms with van der Waals surface area (Å²) in [5.74, 6) is 2.67. The number of hydrogen-bond acceptors (Lipinski definition) is 2. The van der Waals surface area contributed by atoms with Crippen LogP contribution in [-0.2, 0) is 0 Å². The molecule has 0 aromatic carbocycles. The smallest absolute Gasteiger partial charge is 0.315 e. The van der Waals surface area contributed by atoms with Gasteiger partial charge in [-0.1, -0.05) is 0 Å². The number of nitrogens with one attached hydrogen (secondary N) is 3. The Bertz CT molecular complexity index is 430. The number of urea groups is 1. The zero-order valence-electron chi connectivity index (χ0n) is 13.4. The van der Waals surface area contributed by atoms with Gasteiger partial charge in [0.2, 0.25) is 0 Å². The highest BCUT2D eigenvalue weighted by Crippen LogP contribution is 2.55. The largest absolute Gasteiger partial charge is 0.335 e. The average Bonchev–Trinajstić information content (AvgIpc) is 2.75. The van der Waals surface area contributed by atoms with Crippen LogP contribution in [0.5, 0.6) is 0 Å². The molecule has 0 spiro atoms. The van der Waals surface area contributed by atoms with Gasteiger partial charge in [-0.05, 0) is 82.0 Å². The minimum absolute atomic E-state index is 0.119. The summed E-state index contributed by atoms with van der Waals surface area (Å²) < 4.78 is 0. The Hall–Kier alpha value is -0.770. The van der Waals surface area contributed by atoms with Gasteiger partial charge in [-0.2, -0.15) is 0 Å². The van der Waals surface area contributed by atoms with Crippen molar-refractivity contribution in [1.29, 1.82) is 0 Å². The van der Waals surface area contributed by atoms with Gasteiger partial charge in [0.05, 0.1) is 0 Å². The highest BCUT2D eigenvalue weighted by molar-refractivity contribution is 5.75. The Morgan fingerprint density at radius 2 is 1.41 bits per heavy atom. The van der Waals surface area contributed by atoms with E-state index in [4.69, 9.17) is 0 Å². The molecule has 4 nitrogen and oxygen atoms in total. The fraction of sp³-hybridized carbons (Fsp3) is 0.944. The number of carbonyl (C=O) groups excluding carboxylic acids is 1. The van der Waals surface area contributed by atoms with Crippen LogP contribution < -0.4 is 16.0 Å². The topological polar surface area (TPSA) is 53.2 Å². The second-order valence-corrected chi connectivity index (χ2v) is 9.10. The Balaban J connectivity index is 1.22. The Morgan fingerprint density at radius 3 is 1.95 bits per heavy atom. The van der Waals surface area contributed by atoms with Crippen molar-refractivity contribution < 1.29 is 4.79 Å². The first kappa shape index (κ1) is 13.6. The minimum Gasteiger partial charge on any atom is -0.335 e.